The highest BCUT2D eigenvalue weighted by atomic mass is 35.5. The number of aryl methyl sites for hydroxylation is 1. The summed E-state index contributed by atoms with van der Waals surface area (Å²) in [7, 11) is 0. The number of amides is 1. The van der Waals surface area contributed by atoms with Gasteiger partial charge in [0.05, 0.1) is 29.7 Å². The van der Waals surface area contributed by atoms with Crippen molar-refractivity contribution in [3.8, 4) is 11.1 Å². The minimum atomic E-state index is -4.48. The van der Waals surface area contributed by atoms with E-state index < -0.39 is 23.6 Å². The van der Waals surface area contributed by atoms with Gasteiger partial charge in [0, 0.05) is 28.7 Å². The number of carbonyl (C=O) groups excluding carboxylic acids is 1. The van der Waals surface area contributed by atoms with Crippen molar-refractivity contribution in [3.63, 3.8) is 0 Å². The number of hydrogen-bond donors (Lipinski definition) is 2. The Bertz CT molecular complexity index is 1570. The molecule has 0 aliphatic carbocycles. The SMILES string of the molecule is Cc1cc(C(CC(C)C)n2ncc3cc(-c4ccc(C(F)(F)F)cc4Cl)ccc32)cnc1C(=O)NCCC(=O)O. The van der Waals surface area contributed by atoms with E-state index in [1.807, 2.05) is 22.9 Å². The second-order valence-corrected chi connectivity index (χ2v) is 10.4. The maximum atomic E-state index is 13.1. The summed E-state index contributed by atoms with van der Waals surface area (Å²) in [6, 6.07) is 10.5. The van der Waals surface area contributed by atoms with Crippen LogP contribution in [0.5, 0.6) is 0 Å². The summed E-state index contributed by atoms with van der Waals surface area (Å²) in [5.74, 6) is -1.14. The van der Waals surface area contributed by atoms with E-state index in [1.54, 1.807) is 25.4 Å². The molecule has 4 rings (SSSR count). The fourth-order valence-electron chi connectivity index (χ4n) is 4.60. The van der Waals surface area contributed by atoms with Gasteiger partial charge in [0.15, 0.2) is 0 Å². The predicted octanol–water partition coefficient (Wildman–Crippen LogP) is 6.92. The number of halogens is 4. The van der Waals surface area contributed by atoms with Crippen LogP contribution in [-0.2, 0) is 11.0 Å². The highest BCUT2D eigenvalue weighted by Crippen LogP contribution is 2.37. The molecular weight excluding hydrogens is 545 g/mol. The lowest BCUT2D eigenvalue weighted by atomic mass is 9.96. The summed E-state index contributed by atoms with van der Waals surface area (Å²) >= 11 is 6.22. The number of benzene rings is 2. The van der Waals surface area contributed by atoms with Gasteiger partial charge < -0.3 is 10.4 Å². The van der Waals surface area contributed by atoms with Crippen LogP contribution in [-0.4, -0.2) is 38.3 Å². The van der Waals surface area contributed by atoms with Crippen LogP contribution in [0.15, 0.2) is 54.9 Å². The van der Waals surface area contributed by atoms with Gasteiger partial charge in [0.25, 0.3) is 5.91 Å². The summed E-state index contributed by atoms with van der Waals surface area (Å²) in [5, 5.41) is 16.8. The number of nitrogens with zero attached hydrogens (tertiary/aromatic N) is 3. The van der Waals surface area contributed by atoms with Gasteiger partial charge in [0.2, 0.25) is 0 Å². The number of carboxylic acids is 1. The Kier molecular flexibility index (Phi) is 8.48. The van der Waals surface area contributed by atoms with Crippen molar-refractivity contribution >= 4 is 34.4 Å². The molecule has 0 spiro atoms. The Morgan fingerprint density at radius 1 is 1.10 bits per heavy atom. The Hall–Kier alpha value is -3.92. The maximum Gasteiger partial charge on any atom is 0.416 e. The van der Waals surface area contributed by atoms with Crippen molar-refractivity contribution in [3.05, 3.63) is 82.3 Å². The zero-order chi connectivity index (χ0) is 29.2. The second-order valence-electron chi connectivity index (χ2n) is 10.0. The maximum absolute atomic E-state index is 13.1. The minimum Gasteiger partial charge on any atom is -0.481 e. The molecule has 0 bridgehead atoms. The summed E-state index contributed by atoms with van der Waals surface area (Å²) in [6.07, 6.45) is -0.591. The first-order valence-electron chi connectivity index (χ1n) is 12.7. The van der Waals surface area contributed by atoms with Crippen LogP contribution in [0.1, 0.15) is 59.9 Å². The van der Waals surface area contributed by atoms with Crippen molar-refractivity contribution in [2.75, 3.05) is 6.54 Å². The summed E-state index contributed by atoms with van der Waals surface area (Å²) < 4.78 is 41.1. The number of alkyl halides is 3. The Morgan fingerprint density at radius 3 is 2.48 bits per heavy atom. The number of nitrogens with one attached hydrogen (secondary N) is 1. The quantitative estimate of drug-likeness (QED) is 0.227. The third-order valence-corrected chi connectivity index (χ3v) is 6.83. The van der Waals surface area contributed by atoms with Gasteiger partial charge in [-0.05, 0) is 60.2 Å². The lowest BCUT2D eigenvalue weighted by Crippen LogP contribution is -2.27. The van der Waals surface area contributed by atoms with Gasteiger partial charge in [-0.1, -0.05) is 43.6 Å². The van der Waals surface area contributed by atoms with Gasteiger partial charge in [-0.3, -0.25) is 19.3 Å². The molecule has 0 saturated heterocycles. The van der Waals surface area contributed by atoms with E-state index in [4.69, 9.17) is 16.7 Å². The monoisotopic (exact) mass is 572 g/mol. The lowest BCUT2D eigenvalue weighted by molar-refractivity contribution is -0.138. The fourth-order valence-corrected chi connectivity index (χ4v) is 4.89. The topological polar surface area (TPSA) is 97.1 Å². The zero-order valence-electron chi connectivity index (χ0n) is 22.1. The molecule has 2 N–H and O–H groups in total. The van der Waals surface area contributed by atoms with Crippen LogP contribution in [0.2, 0.25) is 5.02 Å². The summed E-state index contributed by atoms with van der Waals surface area (Å²) in [4.78, 5) is 27.6. The van der Waals surface area contributed by atoms with Crippen LogP contribution in [0.25, 0.3) is 22.0 Å². The molecule has 1 unspecified atom stereocenters. The first-order valence-corrected chi connectivity index (χ1v) is 13.0. The van der Waals surface area contributed by atoms with Crippen molar-refractivity contribution in [1.29, 1.82) is 0 Å². The molecule has 0 radical (unpaired) electrons. The van der Waals surface area contributed by atoms with Crippen molar-refractivity contribution < 1.29 is 27.9 Å². The Labute approximate surface area is 234 Å². The number of carbonyl (C=O) groups is 2. The van der Waals surface area contributed by atoms with Crippen molar-refractivity contribution in [1.82, 2.24) is 20.1 Å². The van der Waals surface area contributed by atoms with Crippen LogP contribution in [0.3, 0.4) is 0 Å². The molecular formula is C29H28ClF3N4O3. The standard InChI is InChI=1S/C29H28ClF3N4O3/c1-16(2)10-25(19-11-17(3)27(35-14-19)28(40)34-9-8-26(38)39)37-24-7-4-18(12-20(24)15-36-37)22-6-5-21(13-23(22)30)29(31,32)33/h4-7,11-16,25H,8-10H2,1-3H3,(H,34,40)(H,38,39). The van der Waals surface area contributed by atoms with E-state index >= 15 is 0 Å². The third kappa shape index (κ3) is 6.44. The van der Waals surface area contributed by atoms with Crippen molar-refractivity contribution in [2.45, 2.75) is 45.8 Å². The molecule has 4 aromatic rings. The number of hydrogen-bond acceptors (Lipinski definition) is 4. The van der Waals surface area contributed by atoms with E-state index in [1.165, 1.54) is 6.07 Å². The van der Waals surface area contributed by atoms with Gasteiger partial charge in [-0.2, -0.15) is 18.3 Å². The molecule has 11 heteroatoms. The Balaban J connectivity index is 1.66. The number of carboxylic acid groups (broad SMARTS) is 1. The zero-order valence-corrected chi connectivity index (χ0v) is 22.8. The molecule has 0 aliphatic rings. The van der Waals surface area contributed by atoms with E-state index in [-0.39, 0.29) is 29.7 Å². The largest absolute Gasteiger partial charge is 0.481 e. The molecule has 210 valence electrons. The molecule has 2 aromatic heterocycles. The van der Waals surface area contributed by atoms with Crippen LogP contribution < -0.4 is 5.32 Å². The van der Waals surface area contributed by atoms with Crippen LogP contribution in [0.4, 0.5) is 13.2 Å². The Morgan fingerprint density at radius 2 is 1.85 bits per heavy atom. The van der Waals surface area contributed by atoms with Gasteiger partial charge in [-0.15, -0.1) is 0 Å². The average Bonchev–Trinajstić information content (AvgIpc) is 3.29. The summed E-state index contributed by atoms with van der Waals surface area (Å²) in [6.45, 7) is 5.96. The normalized spacial score (nSPS) is 12.6. The average molecular weight is 573 g/mol. The minimum absolute atomic E-state index is 0.00592. The van der Waals surface area contributed by atoms with Crippen LogP contribution in [0, 0.1) is 12.8 Å². The van der Waals surface area contributed by atoms with E-state index in [2.05, 4.69) is 29.2 Å². The molecule has 7 nitrogen and oxygen atoms in total. The lowest BCUT2D eigenvalue weighted by Gasteiger charge is -2.22. The molecule has 1 amide bonds. The van der Waals surface area contributed by atoms with E-state index in [0.29, 0.717) is 22.6 Å². The molecule has 40 heavy (non-hydrogen) atoms. The first kappa shape index (κ1) is 29.1. The molecule has 2 heterocycles. The van der Waals surface area contributed by atoms with Gasteiger partial charge in [0.1, 0.15) is 5.69 Å². The molecule has 0 fully saturated rings. The van der Waals surface area contributed by atoms with E-state index in [9.17, 15) is 22.8 Å². The van der Waals surface area contributed by atoms with E-state index in [0.717, 1.165) is 35.0 Å². The molecule has 0 aliphatic heterocycles. The van der Waals surface area contributed by atoms with Gasteiger partial charge >= 0.3 is 12.1 Å². The van der Waals surface area contributed by atoms with Crippen molar-refractivity contribution in [2.24, 2.45) is 5.92 Å². The van der Waals surface area contributed by atoms with Gasteiger partial charge in [-0.25, -0.2) is 0 Å². The number of fused-ring (bicyclic) bond motifs is 1. The number of aromatic nitrogens is 3. The first-order chi connectivity index (χ1) is 18.8. The third-order valence-electron chi connectivity index (χ3n) is 6.52. The number of aliphatic carboxylic acids is 1. The molecule has 0 saturated carbocycles. The highest BCUT2D eigenvalue weighted by Gasteiger charge is 2.31. The fraction of sp³-hybridized carbons (Fsp3) is 0.310. The smallest absolute Gasteiger partial charge is 0.416 e. The molecule has 1 atom stereocenters. The molecule has 2 aromatic carbocycles. The number of rotatable bonds is 9. The predicted molar refractivity (Wildman–Crippen MR) is 146 cm³/mol. The summed E-state index contributed by atoms with van der Waals surface area (Å²) in [5.41, 5.74) is 2.90. The number of pyridine rings is 1. The highest BCUT2D eigenvalue weighted by molar-refractivity contribution is 6.33. The second kappa shape index (κ2) is 11.7. The van der Waals surface area contributed by atoms with Crippen LogP contribution >= 0.6 is 11.6 Å².